The number of aromatic nitrogens is 3. The van der Waals surface area contributed by atoms with Gasteiger partial charge in [-0.2, -0.15) is 13.2 Å². The van der Waals surface area contributed by atoms with Gasteiger partial charge in [0.05, 0.1) is 11.3 Å². The summed E-state index contributed by atoms with van der Waals surface area (Å²) in [6, 6.07) is 4.50. The van der Waals surface area contributed by atoms with E-state index in [-0.39, 0.29) is 35.7 Å². The molecule has 0 saturated carbocycles. The Morgan fingerprint density at radius 2 is 1.98 bits per heavy atom. The smallest absolute Gasteiger partial charge is 0.419 e. The highest BCUT2D eigenvalue weighted by Gasteiger charge is 2.38. The van der Waals surface area contributed by atoms with Crippen molar-refractivity contribution in [2.45, 2.75) is 76.8 Å². The zero-order valence-corrected chi connectivity index (χ0v) is 24.7. The second kappa shape index (κ2) is 11.3. The molecular formula is C30H37F3N6O4. The molecule has 2 atom stereocenters. The van der Waals surface area contributed by atoms with Crippen LogP contribution in [0, 0.1) is 0 Å². The van der Waals surface area contributed by atoms with Crippen molar-refractivity contribution in [1.82, 2.24) is 24.8 Å². The van der Waals surface area contributed by atoms with Crippen LogP contribution in [0.25, 0.3) is 22.2 Å². The molecule has 13 heteroatoms. The molecule has 0 unspecified atom stereocenters. The molecule has 2 aromatic heterocycles. The lowest BCUT2D eigenvalue weighted by Crippen LogP contribution is -2.47. The van der Waals surface area contributed by atoms with E-state index in [0.717, 1.165) is 6.20 Å². The zero-order chi connectivity index (χ0) is 31.2. The van der Waals surface area contributed by atoms with Gasteiger partial charge in [-0.3, -0.25) is 4.79 Å². The van der Waals surface area contributed by atoms with Crippen molar-refractivity contribution < 1.29 is 32.6 Å². The zero-order valence-electron chi connectivity index (χ0n) is 24.7. The standard InChI is InChI=1S/C30H37F3N6O4/c1-5-29(42)10-12-39(17-29)25(40)18-8-9-20-21(14-34-23(20)13-18)24-22(30(31,32)33)15-35-26(37-24)36-19-7-6-11-38(16-19)27(41)43-28(2,3)4/h8-9,13-15,19,34,42H,5-7,10-12,16-17H2,1-4H3,(H,35,36,37)/t19-,29+/m0/s1. The number of alkyl halides is 3. The van der Waals surface area contributed by atoms with Crippen LogP contribution in [0.15, 0.2) is 30.6 Å². The summed E-state index contributed by atoms with van der Waals surface area (Å²) in [5, 5.41) is 14.1. The Morgan fingerprint density at radius 1 is 1.21 bits per heavy atom. The fourth-order valence-corrected chi connectivity index (χ4v) is 5.59. The SMILES string of the molecule is CC[C@@]1(O)CCN(C(=O)c2ccc3c(-c4nc(N[C@H]5CCCN(C(=O)OC(C)(C)C)C5)ncc4C(F)(F)F)c[nH]c3c2)C1. The molecule has 232 valence electrons. The number of hydrogen-bond acceptors (Lipinski definition) is 7. The number of fused-ring (bicyclic) bond motifs is 1. The first-order valence-corrected chi connectivity index (χ1v) is 14.5. The molecule has 2 amide bonds. The number of H-pyrrole nitrogens is 1. The lowest BCUT2D eigenvalue weighted by molar-refractivity contribution is -0.137. The Morgan fingerprint density at radius 3 is 2.65 bits per heavy atom. The largest absolute Gasteiger partial charge is 0.444 e. The molecule has 0 aliphatic carbocycles. The highest BCUT2D eigenvalue weighted by molar-refractivity contribution is 6.02. The maximum atomic E-state index is 14.1. The number of piperidine rings is 1. The fourth-order valence-electron chi connectivity index (χ4n) is 5.59. The molecule has 0 radical (unpaired) electrons. The maximum Gasteiger partial charge on any atom is 0.419 e. The van der Waals surface area contributed by atoms with Crippen LogP contribution >= 0.6 is 0 Å². The van der Waals surface area contributed by atoms with E-state index in [1.165, 1.54) is 6.20 Å². The molecule has 0 spiro atoms. The molecule has 2 aliphatic rings. The summed E-state index contributed by atoms with van der Waals surface area (Å²) >= 11 is 0. The van der Waals surface area contributed by atoms with Crippen LogP contribution in [0.5, 0.6) is 0 Å². The minimum Gasteiger partial charge on any atom is -0.444 e. The predicted molar refractivity (Wildman–Crippen MR) is 155 cm³/mol. The van der Waals surface area contributed by atoms with Gasteiger partial charge in [0.25, 0.3) is 5.91 Å². The summed E-state index contributed by atoms with van der Waals surface area (Å²) < 4.78 is 47.8. The van der Waals surface area contributed by atoms with Gasteiger partial charge in [-0.05, 0) is 58.6 Å². The molecule has 3 aromatic rings. The molecule has 4 heterocycles. The first-order valence-electron chi connectivity index (χ1n) is 14.5. The van der Waals surface area contributed by atoms with E-state index in [9.17, 15) is 27.9 Å². The number of hydrogen-bond donors (Lipinski definition) is 3. The molecule has 43 heavy (non-hydrogen) atoms. The van der Waals surface area contributed by atoms with E-state index >= 15 is 0 Å². The number of nitrogens with zero attached hydrogens (tertiary/aromatic N) is 4. The topological polar surface area (TPSA) is 124 Å². The van der Waals surface area contributed by atoms with Crippen LogP contribution in [0.3, 0.4) is 0 Å². The van der Waals surface area contributed by atoms with E-state index in [2.05, 4.69) is 20.3 Å². The van der Waals surface area contributed by atoms with Gasteiger partial charge in [-0.15, -0.1) is 0 Å². The van der Waals surface area contributed by atoms with E-state index in [0.29, 0.717) is 61.8 Å². The average Bonchev–Trinajstić information content (AvgIpc) is 3.55. The third-order valence-corrected chi connectivity index (χ3v) is 7.96. The van der Waals surface area contributed by atoms with Crippen molar-refractivity contribution in [3.8, 4) is 11.3 Å². The highest BCUT2D eigenvalue weighted by atomic mass is 19.4. The first kappa shape index (κ1) is 30.6. The van der Waals surface area contributed by atoms with E-state index in [4.69, 9.17) is 4.74 Å². The maximum absolute atomic E-state index is 14.1. The summed E-state index contributed by atoms with van der Waals surface area (Å²) in [6.45, 7) is 8.70. The number of aliphatic hydroxyl groups is 1. The van der Waals surface area contributed by atoms with Gasteiger partial charge in [0.15, 0.2) is 0 Å². The van der Waals surface area contributed by atoms with Crippen LogP contribution in [-0.4, -0.2) is 85.3 Å². The molecule has 10 nitrogen and oxygen atoms in total. The molecular weight excluding hydrogens is 565 g/mol. The number of amides is 2. The molecule has 0 bridgehead atoms. The van der Waals surface area contributed by atoms with Crippen molar-refractivity contribution in [2.24, 2.45) is 0 Å². The van der Waals surface area contributed by atoms with Crippen LogP contribution in [0.4, 0.5) is 23.9 Å². The lowest BCUT2D eigenvalue weighted by Gasteiger charge is -2.34. The van der Waals surface area contributed by atoms with Crippen molar-refractivity contribution in [3.05, 3.63) is 41.7 Å². The number of benzene rings is 1. The Labute approximate surface area is 247 Å². The third kappa shape index (κ3) is 6.71. The first-order chi connectivity index (χ1) is 20.2. The Balaban J connectivity index is 1.40. The normalized spacial score (nSPS) is 21.3. The number of likely N-dealkylation sites (tertiary alicyclic amines) is 2. The highest BCUT2D eigenvalue weighted by Crippen LogP contribution is 2.39. The molecule has 3 N–H and O–H groups in total. The van der Waals surface area contributed by atoms with Gasteiger partial charge in [-0.1, -0.05) is 13.0 Å². The number of rotatable bonds is 5. The van der Waals surface area contributed by atoms with Gasteiger partial charge >= 0.3 is 12.3 Å². The molecule has 1 aromatic carbocycles. The van der Waals surface area contributed by atoms with Gasteiger partial charge in [0, 0.05) is 66.6 Å². The number of carbonyl (C=O) groups excluding carboxylic acids is 2. The third-order valence-electron chi connectivity index (χ3n) is 7.96. The lowest BCUT2D eigenvalue weighted by atomic mass is 10.0. The number of ether oxygens (including phenoxy) is 1. The van der Waals surface area contributed by atoms with E-state index in [1.807, 2.05) is 6.92 Å². The van der Waals surface area contributed by atoms with E-state index in [1.54, 1.807) is 48.8 Å². The summed E-state index contributed by atoms with van der Waals surface area (Å²) in [6.07, 6.45) is -0.564. The summed E-state index contributed by atoms with van der Waals surface area (Å²) in [7, 11) is 0. The molecule has 2 saturated heterocycles. The average molecular weight is 603 g/mol. The molecule has 2 fully saturated rings. The number of anilines is 1. The van der Waals surface area contributed by atoms with Gasteiger partial charge in [0.2, 0.25) is 5.95 Å². The van der Waals surface area contributed by atoms with Crippen molar-refractivity contribution in [1.29, 1.82) is 0 Å². The number of carbonyl (C=O) groups is 2. The molecule has 2 aliphatic heterocycles. The van der Waals surface area contributed by atoms with E-state index < -0.39 is 29.0 Å². The summed E-state index contributed by atoms with van der Waals surface area (Å²) in [5.74, 6) is -0.238. The number of β-amino-alcohol motifs (C(OH)–C–C–N with tert-alkyl or cyclic N) is 1. The minimum atomic E-state index is -4.71. The Bertz CT molecular complexity index is 1520. The van der Waals surface area contributed by atoms with Gasteiger partial charge < -0.3 is 29.9 Å². The quantitative estimate of drug-likeness (QED) is 0.355. The van der Waals surface area contributed by atoms with Crippen LogP contribution in [0.2, 0.25) is 0 Å². The van der Waals surface area contributed by atoms with Crippen LogP contribution in [0.1, 0.15) is 69.3 Å². The minimum absolute atomic E-state index is 0.0117. The second-order valence-corrected chi connectivity index (χ2v) is 12.4. The van der Waals surface area contributed by atoms with Gasteiger partial charge in [0.1, 0.15) is 11.2 Å². The monoisotopic (exact) mass is 602 g/mol. The van der Waals surface area contributed by atoms with Crippen molar-refractivity contribution in [3.63, 3.8) is 0 Å². The summed E-state index contributed by atoms with van der Waals surface area (Å²) in [4.78, 5) is 40.1. The number of aromatic amines is 1. The van der Waals surface area contributed by atoms with Gasteiger partial charge in [-0.25, -0.2) is 14.8 Å². The van der Waals surface area contributed by atoms with Crippen LogP contribution < -0.4 is 5.32 Å². The summed E-state index contributed by atoms with van der Waals surface area (Å²) in [5.41, 5.74) is -1.78. The molecule has 5 rings (SSSR count). The van der Waals surface area contributed by atoms with Crippen molar-refractivity contribution >= 4 is 28.9 Å². The number of nitrogens with one attached hydrogen (secondary N) is 2. The Kier molecular flexibility index (Phi) is 8.05. The Hall–Kier alpha value is -3.87. The second-order valence-electron chi connectivity index (χ2n) is 12.4. The number of halogens is 3. The van der Waals surface area contributed by atoms with Crippen LogP contribution in [-0.2, 0) is 10.9 Å². The predicted octanol–water partition coefficient (Wildman–Crippen LogP) is 5.44. The fraction of sp³-hybridized carbons (Fsp3) is 0.533. The van der Waals surface area contributed by atoms with Crippen molar-refractivity contribution in [2.75, 3.05) is 31.5 Å².